The van der Waals surface area contributed by atoms with Gasteiger partial charge in [0.1, 0.15) is 5.67 Å². The highest BCUT2D eigenvalue weighted by molar-refractivity contribution is 5.74. The van der Waals surface area contributed by atoms with Crippen molar-refractivity contribution in [3.05, 3.63) is 0 Å². The Morgan fingerprint density at radius 3 is 2.33 bits per heavy atom. The van der Waals surface area contributed by atoms with E-state index in [-0.39, 0.29) is 11.4 Å². The Kier molecular flexibility index (Phi) is 1.76. The molecule has 0 saturated heterocycles. The van der Waals surface area contributed by atoms with Crippen LogP contribution in [0.3, 0.4) is 0 Å². The van der Waals surface area contributed by atoms with Gasteiger partial charge in [0.25, 0.3) is 0 Å². The third-order valence-electron chi connectivity index (χ3n) is 4.43. The average molecular weight is 211 g/mol. The minimum absolute atomic E-state index is 0.000509. The lowest BCUT2D eigenvalue weighted by Gasteiger charge is -2.59. The van der Waals surface area contributed by atoms with Crippen LogP contribution in [0.25, 0.3) is 0 Å². The number of amides is 1. The molecule has 4 fully saturated rings. The summed E-state index contributed by atoms with van der Waals surface area (Å²) < 4.78 is 14.4. The summed E-state index contributed by atoms with van der Waals surface area (Å²) >= 11 is 0. The van der Waals surface area contributed by atoms with Crippen molar-refractivity contribution in [3.8, 4) is 0 Å². The normalized spacial score (nSPS) is 51.9. The molecule has 0 radical (unpaired) electrons. The Balaban J connectivity index is 1.89. The molecule has 0 heterocycles. The first-order valence-corrected chi connectivity index (χ1v) is 5.96. The predicted molar refractivity (Wildman–Crippen MR) is 55.1 cm³/mol. The summed E-state index contributed by atoms with van der Waals surface area (Å²) in [7, 11) is 0. The molecule has 4 aliphatic carbocycles. The van der Waals surface area contributed by atoms with E-state index in [1.807, 2.05) is 0 Å². The predicted octanol–water partition coefficient (Wildman–Crippen LogP) is 2.18. The van der Waals surface area contributed by atoms with Gasteiger partial charge >= 0.3 is 0 Å². The monoisotopic (exact) mass is 211 g/mol. The molecule has 0 spiro atoms. The van der Waals surface area contributed by atoms with Gasteiger partial charge in [0, 0.05) is 18.9 Å². The topological polar surface area (TPSA) is 29.1 Å². The molecule has 4 saturated carbocycles. The van der Waals surface area contributed by atoms with E-state index < -0.39 is 5.67 Å². The van der Waals surface area contributed by atoms with Crippen LogP contribution in [0.5, 0.6) is 0 Å². The Bertz CT molecular complexity index is 301. The van der Waals surface area contributed by atoms with Crippen molar-refractivity contribution < 1.29 is 9.18 Å². The van der Waals surface area contributed by atoms with Crippen molar-refractivity contribution in [1.29, 1.82) is 0 Å². The van der Waals surface area contributed by atoms with E-state index in [2.05, 4.69) is 5.32 Å². The number of halogens is 1. The quantitative estimate of drug-likeness (QED) is 0.707. The van der Waals surface area contributed by atoms with Crippen molar-refractivity contribution >= 4 is 5.91 Å². The number of alkyl halides is 1. The number of carbonyl (C=O) groups is 1. The first kappa shape index (κ1) is 9.61. The molecule has 2 nitrogen and oxygen atoms in total. The Hall–Kier alpha value is -0.600. The second-order valence-corrected chi connectivity index (χ2v) is 6.07. The smallest absolute Gasteiger partial charge is 0.217 e. The van der Waals surface area contributed by atoms with Gasteiger partial charge in [-0.1, -0.05) is 0 Å². The van der Waals surface area contributed by atoms with E-state index in [4.69, 9.17) is 0 Å². The summed E-state index contributed by atoms with van der Waals surface area (Å²) in [5, 5.41) is 3.03. The van der Waals surface area contributed by atoms with E-state index in [1.165, 1.54) is 6.42 Å². The summed E-state index contributed by atoms with van der Waals surface area (Å²) in [4.78, 5) is 11.2. The van der Waals surface area contributed by atoms with Gasteiger partial charge in [-0.15, -0.1) is 0 Å². The van der Waals surface area contributed by atoms with E-state index in [9.17, 15) is 9.18 Å². The van der Waals surface area contributed by atoms with Gasteiger partial charge < -0.3 is 5.32 Å². The lowest BCUT2D eigenvalue weighted by atomic mass is 9.51. The zero-order valence-corrected chi connectivity index (χ0v) is 9.18. The molecule has 4 aliphatic rings. The molecule has 3 heteroatoms. The zero-order chi connectivity index (χ0) is 10.7. The molecule has 15 heavy (non-hydrogen) atoms. The number of carbonyl (C=O) groups excluding carboxylic acids is 1. The van der Waals surface area contributed by atoms with Crippen molar-refractivity contribution in [3.63, 3.8) is 0 Å². The van der Waals surface area contributed by atoms with E-state index >= 15 is 0 Å². The second-order valence-electron chi connectivity index (χ2n) is 6.07. The van der Waals surface area contributed by atoms with Crippen LogP contribution in [-0.2, 0) is 4.79 Å². The molecule has 2 unspecified atom stereocenters. The lowest BCUT2D eigenvalue weighted by molar-refractivity contribution is -0.131. The Morgan fingerprint density at radius 2 is 1.87 bits per heavy atom. The molecule has 2 atom stereocenters. The van der Waals surface area contributed by atoms with E-state index in [0.717, 1.165) is 25.7 Å². The van der Waals surface area contributed by atoms with Crippen LogP contribution in [0, 0.1) is 11.8 Å². The Labute approximate surface area is 89.6 Å². The minimum atomic E-state index is -0.966. The number of rotatable bonds is 1. The molecular weight excluding hydrogens is 193 g/mol. The first-order valence-electron chi connectivity index (χ1n) is 5.96. The van der Waals surface area contributed by atoms with E-state index in [0.29, 0.717) is 18.3 Å². The van der Waals surface area contributed by atoms with Crippen LogP contribution in [0.1, 0.15) is 45.4 Å². The van der Waals surface area contributed by atoms with Crippen molar-refractivity contribution in [2.45, 2.75) is 56.7 Å². The van der Waals surface area contributed by atoms with Crippen molar-refractivity contribution in [1.82, 2.24) is 5.32 Å². The molecule has 1 N–H and O–H groups in total. The summed E-state index contributed by atoms with van der Waals surface area (Å²) in [6, 6.07) is 0. The fourth-order valence-corrected chi connectivity index (χ4v) is 4.67. The largest absolute Gasteiger partial charge is 0.351 e. The fraction of sp³-hybridized carbons (Fsp3) is 0.917. The zero-order valence-electron chi connectivity index (χ0n) is 9.18. The highest BCUT2D eigenvalue weighted by Gasteiger charge is 2.58. The van der Waals surface area contributed by atoms with Crippen molar-refractivity contribution in [2.75, 3.05) is 0 Å². The number of hydrogen-bond donors (Lipinski definition) is 1. The van der Waals surface area contributed by atoms with Gasteiger partial charge in [-0.25, -0.2) is 4.39 Å². The maximum atomic E-state index is 14.4. The number of nitrogens with one attached hydrogen (secondary N) is 1. The fourth-order valence-electron chi connectivity index (χ4n) is 4.67. The molecule has 0 aromatic carbocycles. The molecule has 84 valence electrons. The van der Waals surface area contributed by atoms with Crippen LogP contribution in [0.2, 0.25) is 0 Å². The molecule has 4 bridgehead atoms. The molecule has 0 aromatic heterocycles. The van der Waals surface area contributed by atoms with Gasteiger partial charge in [0.2, 0.25) is 5.91 Å². The van der Waals surface area contributed by atoms with E-state index in [1.54, 1.807) is 6.92 Å². The van der Waals surface area contributed by atoms with Gasteiger partial charge in [-0.3, -0.25) is 4.79 Å². The van der Waals surface area contributed by atoms with Crippen LogP contribution < -0.4 is 5.32 Å². The van der Waals surface area contributed by atoms with Crippen LogP contribution in [0.4, 0.5) is 4.39 Å². The second kappa shape index (κ2) is 2.74. The third-order valence-corrected chi connectivity index (χ3v) is 4.43. The summed E-state index contributed by atoms with van der Waals surface area (Å²) in [6.45, 7) is 1.55. The maximum absolute atomic E-state index is 14.4. The summed E-state index contributed by atoms with van der Waals surface area (Å²) in [5.74, 6) is 1.03. The maximum Gasteiger partial charge on any atom is 0.217 e. The SMILES string of the molecule is CC(=O)NC12CC3CC(CC(F)(C3)C1)C2. The summed E-state index contributed by atoms with van der Waals surface area (Å²) in [6.07, 6.45) is 5.25. The first-order chi connectivity index (χ1) is 6.99. The van der Waals surface area contributed by atoms with Gasteiger partial charge in [0.15, 0.2) is 0 Å². The number of hydrogen-bond acceptors (Lipinski definition) is 1. The van der Waals surface area contributed by atoms with Crippen molar-refractivity contribution in [2.24, 2.45) is 11.8 Å². The third kappa shape index (κ3) is 1.47. The standard InChI is InChI=1S/C12H18FNO/c1-8(15)14-12-5-9-2-10(6-12)4-11(13,3-9)7-12/h9-10H,2-7H2,1H3,(H,14,15). The van der Waals surface area contributed by atoms with Crippen LogP contribution in [-0.4, -0.2) is 17.1 Å². The van der Waals surface area contributed by atoms with Gasteiger partial charge in [0.05, 0.1) is 0 Å². The molecule has 0 aromatic rings. The van der Waals surface area contributed by atoms with Crippen LogP contribution >= 0.6 is 0 Å². The van der Waals surface area contributed by atoms with Gasteiger partial charge in [-0.05, 0) is 43.9 Å². The van der Waals surface area contributed by atoms with Crippen LogP contribution in [0.15, 0.2) is 0 Å². The highest BCUT2D eigenvalue weighted by atomic mass is 19.1. The molecular formula is C12H18FNO. The molecule has 4 rings (SSSR count). The molecule has 0 aliphatic heterocycles. The molecule has 1 amide bonds. The minimum Gasteiger partial charge on any atom is -0.351 e. The average Bonchev–Trinajstić information content (AvgIpc) is 1.94. The highest BCUT2D eigenvalue weighted by Crippen LogP contribution is 2.58. The Morgan fingerprint density at radius 1 is 1.27 bits per heavy atom. The lowest BCUT2D eigenvalue weighted by Crippen LogP contribution is -2.64. The van der Waals surface area contributed by atoms with Gasteiger partial charge in [-0.2, -0.15) is 0 Å². The summed E-state index contributed by atoms with van der Waals surface area (Å²) in [5.41, 5.74) is -1.16.